The molecule has 0 saturated carbocycles. The smallest absolute Gasteiger partial charge is 0.142 e. The lowest BCUT2D eigenvalue weighted by Crippen LogP contribution is -2.15. The summed E-state index contributed by atoms with van der Waals surface area (Å²) in [7, 11) is 0. The minimum absolute atomic E-state index is 0.298. The van der Waals surface area contributed by atoms with E-state index in [0.29, 0.717) is 6.10 Å². The van der Waals surface area contributed by atoms with E-state index in [2.05, 4.69) is 34.8 Å². The second kappa shape index (κ2) is 6.11. The summed E-state index contributed by atoms with van der Waals surface area (Å²) in [5.41, 5.74) is 2.02. The number of hydrogen-bond donors (Lipinski definition) is 0. The van der Waals surface area contributed by atoms with Gasteiger partial charge in [0.15, 0.2) is 0 Å². The van der Waals surface area contributed by atoms with Gasteiger partial charge in [0.25, 0.3) is 0 Å². The Bertz CT molecular complexity index is 310. The van der Waals surface area contributed by atoms with E-state index >= 15 is 0 Å². The number of hydrogen-bond acceptors (Lipinski definition) is 2. The maximum absolute atomic E-state index is 5.90. The third-order valence-electron chi connectivity index (χ3n) is 2.40. The number of rotatable bonds is 5. The van der Waals surface area contributed by atoms with Crippen LogP contribution < -0.4 is 4.74 Å². The zero-order valence-corrected chi connectivity index (χ0v) is 11.2. The quantitative estimate of drug-likeness (QED) is 0.759. The lowest BCUT2D eigenvalue weighted by atomic mass is 10.2. The molecule has 1 aromatic heterocycles. The Morgan fingerprint density at radius 3 is 2.53 bits per heavy atom. The Morgan fingerprint density at radius 1 is 1.33 bits per heavy atom. The minimum Gasteiger partial charge on any atom is -0.489 e. The summed E-state index contributed by atoms with van der Waals surface area (Å²) >= 11 is 3.43. The molecule has 0 N–H and O–H groups in total. The van der Waals surface area contributed by atoms with E-state index < -0.39 is 0 Å². The summed E-state index contributed by atoms with van der Waals surface area (Å²) in [5, 5.41) is 0.740. The lowest BCUT2D eigenvalue weighted by molar-refractivity contribution is 0.190. The number of aryl methyl sites for hydroxylation is 1. The maximum atomic E-state index is 5.90. The summed E-state index contributed by atoms with van der Waals surface area (Å²) in [6.45, 7) is 6.28. The molecular formula is C12H18BrNO. The summed E-state index contributed by atoms with van der Waals surface area (Å²) in [5.74, 6) is 0.908. The van der Waals surface area contributed by atoms with E-state index in [1.54, 1.807) is 0 Å². The van der Waals surface area contributed by atoms with Crippen LogP contribution in [-0.2, 0) is 5.33 Å². The highest BCUT2D eigenvalue weighted by Crippen LogP contribution is 2.22. The maximum Gasteiger partial charge on any atom is 0.142 e. The zero-order valence-electron chi connectivity index (χ0n) is 9.59. The Balaban J connectivity index is 2.83. The van der Waals surface area contributed by atoms with Gasteiger partial charge in [0.1, 0.15) is 5.75 Å². The SMILES string of the molecule is CCC(CC)Oc1ccc(C)nc1CBr. The topological polar surface area (TPSA) is 22.1 Å². The molecule has 0 fully saturated rings. The van der Waals surface area contributed by atoms with Crippen molar-refractivity contribution in [3.63, 3.8) is 0 Å². The van der Waals surface area contributed by atoms with E-state index in [0.717, 1.165) is 35.3 Å². The van der Waals surface area contributed by atoms with Gasteiger partial charge in [-0.25, -0.2) is 0 Å². The Hall–Kier alpha value is -0.570. The van der Waals surface area contributed by atoms with Gasteiger partial charge in [-0.15, -0.1) is 0 Å². The highest BCUT2D eigenvalue weighted by atomic mass is 79.9. The van der Waals surface area contributed by atoms with E-state index in [4.69, 9.17) is 4.74 Å². The van der Waals surface area contributed by atoms with Crippen molar-refractivity contribution in [2.75, 3.05) is 0 Å². The van der Waals surface area contributed by atoms with Gasteiger partial charge in [0, 0.05) is 11.0 Å². The molecule has 0 saturated heterocycles. The second-order valence-corrected chi connectivity index (χ2v) is 4.15. The second-order valence-electron chi connectivity index (χ2n) is 3.59. The van der Waals surface area contributed by atoms with Gasteiger partial charge < -0.3 is 4.74 Å². The van der Waals surface area contributed by atoms with Crippen LogP contribution in [0.1, 0.15) is 38.1 Å². The van der Waals surface area contributed by atoms with Crippen LogP contribution in [0.4, 0.5) is 0 Å². The number of alkyl halides is 1. The molecule has 84 valence electrons. The van der Waals surface area contributed by atoms with Gasteiger partial charge in [0.05, 0.1) is 11.8 Å². The average Bonchev–Trinajstić information content (AvgIpc) is 2.27. The van der Waals surface area contributed by atoms with Gasteiger partial charge >= 0.3 is 0 Å². The number of pyridine rings is 1. The van der Waals surface area contributed by atoms with Crippen LogP contribution in [0.3, 0.4) is 0 Å². The van der Waals surface area contributed by atoms with E-state index in [9.17, 15) is 0 Å². The molecule has 2 nitrogen and oxygen atoms in total. The van der Waals surface area contributed by atoms with Crippen molar-refractivity contribution in [3.05, 3.63) is 23.5 Å². The highest BCUT2D eigenvalue weighted by Gasteiger charge is 2.09. The van der Waals surface area contributed by atoms with Gasteiger partial charge in [-0.2, -0.15) is 0 Å². The van der Waals surface area contributed by atoms with Gasteiger partial charge in [-0.05, 0) is 31.9 Å². The first kappa shape index (κ1) is 12.5. The van der Waals surface area contributed by atoms with Crippen LogP contribution in [0.25, 0.3) is 0 Å². The molecule has 0 aliphatic rings. The van der Waals surface area contributed by atoms with Gasteiger partial charge in [0.2, 0.25) is 0 Å². The number of ether oxygens (including phenoxy) is 1. The minimum atomic E-state index is 0.298. The van der Waals surface area contributed by atoms with Crippen LogP contribution in [-0.4, -0.2) is 11.1 Å². The fraction of sp³-hybridized carbons (Fsp3) is 0.583. The summed E-state index contributed by atoms with van der Waals surface area (Å²) < 4.78 is 5.90. The van der Waals surface area contributed by atoms with Crippen LogP contribution in [0, 0.1) is 6.92 Å². The summed E-state index contributed by atoms with van der Waals surface area (Å²) in [6, 6.07) is 4.00. The average molecular weight is 272 g/mol. The van der Waals surface area contributed by atoms with E-state index in [-0.39, 0.29) is 0 Å². The molecule has 0 spiro atoms. The van der Waals surface area contributed by atoms with Crippen LogP contribution >= 0.6 is 15.9 Å². The number of aromatic nitrogens is 1. The molecule has 3 heteroatoms. The third kappa shape index (κ3) is 3.49. The lowest BCUT2D eigenvalue weighted by Gasteiger charge is -2.17. The molecule has 1 heterocycles. The number of halogens is 1. The molecular weight excluding hydrogens is 254 g/mol. The molecule has 0 atom stereocenters. The van der Waals surface area contributed by atoms with Crippen molar-refractivity contribution < 1.29 is 4.74 Å². The molecule has 0 aliphatic carbocycles. The van der Waals surface area contributed by atoms with Crippen LogP contribution in [0.2, 0.25) is 0 Å². The fourth-order valence-electron chi connectivity index (χ4n) is 1.44. The number of nitrogens with zero attached hydrogens (tertiary/aromatic N) is 1. The Kier molecular flexibility index (Phi) is 5.09. The molecule has 0 bridgehead atoms. The predicted octanol–water partition coefficient (Wildman–Crippen LogP) is 3.85. The van der Waals surface area contributed by atoms with E-state index in [1.807, 2.05) is 19.1 Å². The summed E-state index contributed by atoms with van der Waals surface area (Å²) in [6.07, 6.45) is 2.37. The van der Waals surface area contributed by atoms with Crippen molar-refractivity contribution in [2.24, 2.45) is 0 Å². The molecule has 1 rings (SSSR count). The van der Waals surface area contributed by atoms with Crippen molar-refractivity contribution >= 4 is 15.9 Å². The molecule has 0 aliphatic heterocycles. The Labute approximate surface area is 100 Å². The fourth-order valence-corrected chi connectivity index (χ4v) is 1.84. The first-order valence-corrected chi connectivity index (χ1v) is 6.52. The first-order valence-electron chi connectivity index (χ1n) is 5.40. The predicted molar refractivity (Wildman–Crippen MR) is 66.6 cm³/mol. The molecule has 0 unspecified atom stereocenters. The van der Waals surface area contributed by atoms with Crippen molar-refractivity contribution in [2.45, 2.75) is 45.0 Å². The monoisotopic (exact) mass is 271 g/mol. The highest BCUT2D eigenvalue weighted by molar-refractivity contribution is 9.08. The Morgan fingerprint density at radius 2 is 2.00 bits per heavy atom. The molecule has 1 aromatic rings. The van der Waals surface area contributed by atoms with E-state index in [1.165, 1.54) is 0 Å². The normalized spacial score (nSPS) is 10.7. The van der Waals surface area contributed by atoms with Crippen LogP contribution in [0.5, 0.6) is 5.75 Å². The van der Waals surface area contributed by atoms with Gasteiger partial charge in [-0.3, -0.25) is 4.98 Å². The third-order valence-corrected chi connectivity index (χ3v) is 2.93. The van der Waals surface area contributed by atoms with Gasteiger partial charge in [-0.1, -0.05) is 29.8 Å². The van der Waals surface area contributed by atoms with Crippen LogP contribution in [0.15, 0.2) is 12.1 Å². The summed E-state index contributed by atoms with van der Waals surface area (Å²) in [4.78, 5) is 4.44. The van der Waals surface area contributed by atoms with Crippen molar-refractivity contribution in [1.29, 1.82) is 0 Å². The standard InChI is InChI=1S/C12H18BrNO/c1-4-10(5-2)15-12-7-6-9(3)14-11(12)8-13/h6-7,10H,4-5,8H2,1-3H3. The first-order chi connectivity index (χ1) is 7.21. The molecule has 15 heavy (non-hydrogen) atoms. The van der Waals surface area contributed by atoms with Crippen molar-refractivity contribution in [1.82, 2.24) is 4.98 Å². The zero-order chi connectivity index (χ0) is 11.3. The molecule has 0 aromatic carbocycles. The molecule has 0 radical (unpaired) electrons. The molecule has 0 amide bonds. The van der Waals surface area contributed by atoms with Crippen molar-refractivity contribution in [3.8, 4) is 5.75 Å². The largest absolute Gasteiger partial charge is 0.489 e.